The number of hydrogen-bond acceptors (Lipinski definition) is 3. The maximum atomic E-state index is 5.42. The van der Waals surface area contributed by atoms with Gasteiger partial charge in [0.2, 0.25) is 0 Å². The summed E-state index contributed by atoms with van der Waals surface area (Å²) in [7, 11) is 0. The van der Waals surface area contributed by atoms with Gasteiger partial charge in [0.25, 0.3) is 0 Å². The van der Waals surface area contributed by atoms with Gasteiger partial charge in [0.1, 0.15) is 0 Å². The molecule has 1 aliphatic rings. The van der Waals surface area contributed by atoms with Crippen molar-refractivity contribution in [3.8, 4) is 11.3 Å². The van der Waals surface area contributed by atoms with Crippen molar-refractivity contribution in [2.75, 3.05) is 6.61 Å². The standard InChI is InChI=1S/C12H11NO2/c1-2-9-7-14-5-4-10(9)11(3-1)12-6-13-8-15-12/h1-3,6,8H,4-5,7H2. The van der Waals surface area contributed by atoms with Crippen LogP contribution in [0.4, 0.5) is 0 Å². The van der Waals surface area contributed by atoms with Crippen molar-refractivity contribution in [3.63, 3.8) is 0 Å². The van der Waals surface area contributed by atoms with Crippen LogP contribution in [0.5, 0.6) is 0 Å². The van der Waals surface area contributed by atoms with Crippen molar-refractivity contribution >= 4 is 0 Å². The maximum Gasteiger partial charge on any atom is 0.181 e. The SMILES string of the molecule is c1cc2c(c(-c3cnco3)c1)CCOC2. The first-order valence-corrected chi connectivity index (χ1v) is 5.02. The third kappa shape index (κ3) is 1.45. The summed E-state index contributed by atoms with van der Waals surface area (Å²) in [4.78, 5) is 3.95. The zero-order valence-corrected chi connectivity index (χ0v) is 8.27. The molecule has 0 unspecified atom stereocenters. The molecule has 1 aliphatic heterocycles. The van der Waals surface area contributed by atoms with E-state index in [4.69, 9.17) is 9.15 Å². The van der Waals surface area contributed by atoms with Crippen LogP contribution in [0.3, 0.4) is 0 Å². The second-order valence-electron chi connectivity index (χ2n) is 3.61. The van der Waals surface area contributed by atoms with E-state index >= 15 is 0 Å². The Kier molecular flexibility index (Phi) is 2.03. The van der Waals surface area contributed by atoms with E-state index < -0.39 is 0 Å². The molecular weight excluding hydrogens is 190 g/mol. The smallest absolute Gasteiger partial charge is 0.181 e. The van der Waals surface area contributed by atoms with E-state index in [-0.39, 0.29) is 0 Å². The predicted octanol–water partition coefficient (Wildman–Crippen LogP) is 2.41. The average Bonchev–Trinajstić information content (AvgIpc) is 2.82. The normalized spacial score (nSPS) is 14.9. The summed E-state index contributed by atoms with van der Waals surface area (Å²) in [5.74, 6) is 0.841. The van der Waals surface area contributed by atoms with Crippen LogP contribution in [-0.2, 0) is 17.8 Å². The number of benzene rings is 1. The van der Waals surface area contributed by atoms with E-state index in [0.29, 0.717) is 6.61 Å². The predicted molar refractivity (Wildman–Crippen MR) is 55.3 cm³/mol. The van der Waals surface area contributed by atoms with Crippen LogP contribution in [0.1, 0.15) is 11.1 Å². The molecule has 0 radical (unpaired) electrons. The topological polar surface area (TPSA) is 35.3 Å². The van der Waals surface area contributed by atoms with Crippen LogP contribution in [0.2, 0.25) is 0 Å². The van der Waals surface area contributed by atoms with Gasteiger partial charge in [-0.15, -0.1) is 0 Å². The number of hydrogen-bond donors (Lipinski definition) is 0. The molecule has 0 aliphatic carbocycles. The van der Waals surface area contributed by atoms with Gasteiger partial charge in [-0.1, -0.05) is 18.2 Å². The van der Waals surface area contributed by atoms with Crippen LogP contribution < -0.4 is 0 Å². The Morgan fingerprint density at radius 3 is 3.13 bits per heavy atom. The van der Waals surface area contributed by atoms with E-state index in [9.17, 15) is 0 Å². The molecule has 0 saturated carbocycles. The lowest BCUT2D eigenvalue weighted by molar-refractivity contribution is 0.111. The first-order chi connectivity index (χ1) is 7.45. The maximum absolute atomic E-state index is 5.42. The van der Waals surface area contributed by atoms with Gasteiger partial charge >= 0.3 is 0 Å². The molecule has 1 aromatic heterocycles. The summed E-state index contributed by atoms with van der Waals surface area (Å²) >= 11 is 0. The Morgan fingerprint density at radius 2 is 2.27 bits per heavy atom. The zero-order valence-electron chi connectivity index (χ0n) is 8.27. The molecule has 0 saturated heterocycles. The van der Waals surface area contributed by atoms with Crippen LogP contribution in [0.15, 0.2) is 35.2 Å². The van der Waals surface area contributed by atoms with Crippen LogP contribution >= 0.6 is 0 Å². The molecule has 1 aromatic carbocycles. The monoisotopic (exact) mass is 201 g/mol. The number of oxazole rings is 1. The highest BCUT2D eigenvalue weighted by atomic mass is 16.5. The number of rotatable bonds is 1. The fraction of sp³-hybridized carbons (Fsp3) is 0.250. The molecule has 3 nitrogen and oxygen atoms in total. The highest BCUT2D eigenvalue weighted by molar-refractivity contribution is 5.63. The minimum atomic E-state index is 0.706. The van der Waals surface area contributed by atoms with E-state index in [1.165, 1.54) is 17.5 Å². The lowest BCUT2D eigenvalue weighted by atomic mass is 9.96. The molecule has 3 heteroatoms. The summed E-state index contributed by atoms with van der Waals surface area (Å²) in [5, 5.41) is 0. The fourth-order valence-corrected chi connectivity index (χ4v) is 2.00. The van der Waals surface area contributed by atoms with Gasteiger partial charge in [-0.05, 0) is 17.5 Å². The second-order valence-corrected chi connectivity index (χ2v) is 3.61. The molecule has 0 amide bonds. The molecule has 0 fully saturated rings. The number of fused-ring (bicyclic) bond motifs is 1. The molecular formula is C12H11NO2. The first kappa shape index (κ1) is 8.68. The summed E-state index contributed by atoms with van der Waals surface area (Å²) in [6, 6.07) is 6.21. The van der Waals surface area contributed by atoms with E-state index in [2.05, 4.69) is 17.1 Å². The average molecular weight is 201 g/mol. The molecule has 3 rings (SSSR count). The molecule has 0 atom stereocenters. The first-order valence-electron chi connectivity index (χ1n) is 5.02. The minimum Gasteiger partial charge on any atom is -0.444 e. The van der Waals surface area contributed by atoms with E-state index in [1.54, 1.807) is 6.20 Å². The zero-order chi connectivity index (χ0) is 10.1. The van der Waals surface area contributed by atoms with Gasteiger partial charge in [-0.25, -0.2) is 4.98 Å². The largest absolute Gasteiger partial charge is 0.444 e. The van der Waals surface area contributed by atoms with E-state index in [0.717, 1.165) is 24.4 Å². The van der Waals surface area contributed by atoms with Crippen LogP contribution in [-0.4, -0.2) is 11.6 Å². The van der Waals surface area contributed by atoms with Crippen molar-refractivity contribution < 1.29 is 9.15 Å². The van der Waals surface area contributed by atoms with Crippen molar-refractivity contribution in [1.82, 2.24) is 4.98 Å². The van der Waals surface area contributed by atoms with Gasteiger partial charge in [0.05, 0.1) is 19.4 Å². The fourth-order valence-electron chi connectivity index (χ4n) is 2.00. The number of nitrogens with zero attached hydrogens (tertiary/aromatic N) is 1. The summed E-state index contributed by atoms with van der Waals surface area (Å²) in [6.45, 7) is 1.50. The third-order valence-corrected chi connectivity index (χ3v) is 2.72. The Balaban J connectivity index is 2.15. The third-order valence-electron chi connectivity index (χ3n) is 2.72. The van der Waals surface area contributed by atoms with Gasteiger partial charge in [-0.2, -0.15) is 0 Å². The number of ether oxygens (including phenoxy) is 1. The summed E-state index contributed by atoms with van der Waals surface area (Å²) in [5.41, 5.74) is 3.74. The lowest BCUT2D eigenvalue weighted by Gasteiger charge is -2.18. The van der Waals surface area contributed by atoms with Crippen LogP contribution in [0.25, 0.3) is 11.3 Å². The van der Waals surface area contributed by atoms with Gasteiger partial charge < -0.3 is 9.15 Å². The highest BCUT2D eigenvalue weighted by Crippen LogP contribution is 2.28. The van der Waals surface area contributed by atoms with Crippen molar-refractivity contribution in [1.29, 1.82) is 0 Å². The Labute approximate surface area is 87.7 Å². The summed E-state index contributed by atoms with van der Waals surface area (Å²) in [6.07, 6.45) is 4.17. The highest BCUT2D eigenvalue weighted by Gasteiger charge is 2.15. The number of aromatic nitrogens is 1. The van der Waals surface area contributed by atoms with E-state index in [1.807, 2.05) is 6.07 Å². The molecule has 0 spiro atoms. The lowest BCUT2D eigenvalue weighted by Crippen LogP contribution is -2.10. The molecule has 0 N–H and O–H groups in total. The quantitative estimate of drug-likeness (QED) is 0.710. The minimum absolute atomic E-state index is 0.706. The Hall–Kier alpha value is -1.61. The van der Waals surface area contributed by atoms with Crippen molar-refractivity contribution in [2.24, 2.45) is 0 Å². The van der Waals surface area contributed by atoms with Gasteiger partial charge in [0, 0.05) is 5.56 Å². The Morgan fingerprint density at radius 1 is 1.27 bits per heavy atom. The second kappa shape index (κ2) is 3.51. The van der Waals surface area contributed by atoms with Crippen LogP contribution in [0, 0.1) is 0 Å². The molecule has 0 bridgehead atoms. The Bertz CT molecular complexity index is 462. The molecule has 76 valence electrons. The van der Waals surface area contributed by atoms with Gasteiger partial charge in [-0.3, -0.25) is 0 Å². The summed E-state index contributed by atoms with van der Waals surface area (Å²) < 4.78 is 10.8. The van der Waals surface area contributed by atoms with Crippen molar-refractivity contribution in [2.45, 2.75) is 13.0 Å². The molecule has 2 aromatic rings. The molecule has 15 heavy (non-hydrogen) atoms. The van der Waals surface area contributed by atoms with Crippen molar-refractivity contribution in [3.05, 3.63) is 41.9 Å². The molecule has 2 heterocycles. The van der Waals surface area contributed by atoms with Gasteiger partial charge in [0.15, 0.2) is 12.2 Å².